The predicted octanol–water partition coefficient (Wildman–Crippen LogP) is 6.43. The van der Waals surface area contributed by atoms with Crippen LogP contribution in [0.2, 0.25) is 0 Å². The highest BCUT2D eigenvalue weighted by Crippen LogP contribution is 2.42. The van der Waals surface area contributed by atoms with Gasteiger partial charge in [-0.05, 0) is 66.2 Å². The first-order valence-electron chi connectivity index (χ1n) is 12.7. The first-order valence-corrected chi connectivity index (χ1v) is 12.7. The summed E-state index contributed by atoms with van der Waals surface area (Å²) < 4.78 is 53.1. The number of carboxylic acids is 1. The molecule has 0 amide bonds. The molecule has 2 aliphatic heterocycles. The number of rotatable bonds is 7. The summed E-state index contributed by atoms with van der Waals surface area (Å²) in [6, 6.07) is 9.99. The molecule has 2 heterocycles. The lowest BCUT2D eigenvalue weighted by atomic mass is 9.91. The van der Waals surface area contributed by atoms with Gasteiger partial charge in [0.2, 0.25) is 0 Å². The molecule has 0 atom stereocenters. The highest BCUT2D eigenvalue weighted by atomic mass is 19.4. The molecule has 1 fully saturated rings. The van der Waals surface area contributed by atoms with Crippen molar-refractivity contribution < 1.29 is 32.5 Å². The lowest BCUT2D eigenvalue weighted by molar-refractivity contribution is -0.138. The predicted molar refractivity (Wildman–Crippen MR) is 134 cm³/mol. The second-order valence-corrected chi connectivity index (χ2v) is 10.0. The third-order valence-corrected chi connectivity index (χ3v) is 7.31. The van der Waals surface area contributed by atoms with Crippen molar-refractivity contribution in [2.24, 2.45) is 0 Å². The van der Waals surface area contributed by atoms with Gasteiger partial charge >= 0.3 is 12.1 Å². The summed E-state index contributed by atoms with van der Waals surface area (Å²) in [6.45, 7) is 2.25. The summed E-state index contributed by atoms with van der Waals surface area (Å²) in [6.07, 6.45) is 3.70. The van der Waals surface area contributed by atoms with E-state index in [0.29, 0.717) is 54.3 Å². The van der Waals surface area contributed by atoms with Crippen molar-refractivity contribution in [1.29, 1.82) is 0 Å². The summed E-state index contributed by atoms with van der Waals surface area (Å²) in [5, 5.41) is 9.24. The molecule has 2 aromatic rings. The van der Waals surface area contributed by atoms with E-state index in [0.717, 1.165) is 43.4 Å². The lowest BCUT2D eigenvalue weighted by Crippen LogP contribution is -2.34. The molecule has 8 heteroatoms. The van der Waals surface area contributed by atoms with Gasteiger partial charge in [0.05, 0.1) is 5.56 Å². The summed E-state index contributed by atoms with van der Waals surface area (Å²) in [5.74, 6) is 0.277. The number of benzene rings is 2. The second kappa shape index (κ2) is 10.6. The molecule has 5 nitrogen and oxygen atoms in total. The van der Waals surface area contributed by atoms with Crippen LogP contribution in [0, 0.1) is 0 Å². The van der Waals surface area contributed by atoms with E-state index in [2.05, 4.69) is 4.90 Å². The van der Waals surface area contributed by atoms with Crippen molar-refractivity contribution in [2.75, 3.05) is 26.2 Å². The SMILES string of the molecule is O=C(O)C1=CCCN(CC2=Cc3ccc(OCc4ccc(C5CCCC5)c(C(F)(F)F)c4)cc3OC2)C1. The Morgan fingerprint density at radius 3 is 2.70 bits per heavy atom. The maximum absolute atomic E-state index is 13.8. The van der Waals surface area contributed by atoms with Gasteiger partial charge in [-0.3, -0.25) is 4.90 Å². The first kappa shape index (κ1) is 25.4. The molecule has 3 aliphatic rings. The van der Waals surface area contributed by atoms with Gasteiger partial charge in [-0.15, -0.1) is 0 Å². The van der Waals surface area contributed by atoms with Crippen LogP contribution >= 0.6 is 0 Å². The van der Waals surface area contributed by atoms with Crippen LogP contribution in [0.25, 0.3) is 6.08 Å². The van der Waals surface area contributed by atoms with Crippen LogP contribution in [0.5, 0.6) is 11.5 Å². The summed E-state index contributed by atoms with van der Waals surface area (Å²) in [5.41, 5.74) is 2.69. The molecular weight excluding hydrogens is 483 g/mol. The quantitative estimate of drug-likeness (QED) is 0.462. The fourth-order valence-corrected chi connectivity index (χ4v) is 5.45. The normalized spacial score (nSPS) is 18.6. The molecule has 2 aromatic carbocycles. The summed E-state index contributed by atoms with van der Waals surface area (Å²) in [7, 11) is 0. The first-order chi connectivity index (χ1) is 17.8. The standard InChI is InChI=1S/C29H30F3NO4/c30-29(31,32)26-13-19(7-10-25(26)21-4-1-2-5-21)17-36-24-9-8-22-12-20(18-37-27(22)14-24)15-33-11-3-6-23(16-33)28(34)35/h6-10,12-14,21H,1-5,11,15-18H2,(H,34,35). The van der Waals surface area contributed by atoms with Crippen molar-refractivity contribution in [3.63, 3.8) is 0 Å². The molecule has 1 saturated carbocycles. The molecule has 0 aromatic heterocycles. The zero-order valence-corrected chi connectivity index (χ0v) is 20.5. The number of alkyl halides is 3. The van der Waals surface area contributed by atoms with Crippen LogP contribution in [0.4, 0.5) is 13.2 Å². The van der Waals surface area contributed by atoms with Gasteiger partial charge in [0, 0.05) is 36.8 Å². The number of fused-ring (bicyclic) bond motifs is 1. The fraction of sp³-hybridized carbons (Fsp3) is 0.414. The van der Waals surface area contributed by atoms with Gasteiger partial charge in [0.15, 0.2) is 0 Å². The van der Waals surface area contributed by atoms with E-state index in [1.807, 2.05) is 12.1 Å². The molecule has 0 radical (unpaired) electrons. The third-order valence-electron chi connectivity index (χ3n) is 7.31. The molecule has 0 bridgehead atoms. The number of ether oxygens (including phenoxy) is 2. The smallest absolute Gasteiger partial charge is 0.416 e. The number of aliphatic carboxylic acids is 1. The van der Waals surface area contributed by atoms with E-state index in [4.69, 9.17) is 9.47 Å². The monoisotopic (exact) mass is 513 g/mol. The Labute approximate surface area is 214 Å². The minimum atomic E-state index is -4.39. The number of hydrogen-bond donors (Lipinski definition) is 1. The van der Waals surface area contributed by atoms with Gasteiger partial charge in [-0.1, -0.05) is 31.1 Å². The molecule has 1 aliphatic carbocycles. The molecule has 5 rings (SSSR count). The average Bonchev–Trinajstić information content (AvgIpc) is 3.42. The Bertz CT molecular complexity index is 1230. The van der Waals surface area contributed by atoms with Crippen molar-refractivity contribution in [3.05, 3.63) is 75.9 Å². The van der Waals surface area contributed by atoms with E-state index < -0.39 is 17.7 Å². The van der Waals surface area contributed by atoms with E-state index in [9.17, 15) is 23.1 Å². The van der Waals surface area contributed by atoms with Crippen molar-refractivity contribution in [3.8, 4) is 11.5 Å². The van der Waals surface area contributed by atoms with Crippen molar-refractivity contribution in [1.82, 2.24) is 4.90 Å². The van der Waals surface area contributed by atoms with Gasteiger partial charge < -0.3 is 14.6 Å². The molecule has 37 heavy (non-hydrogen) atoms. The largest absolute Gasteiger partial charge is 0.489 e. The molecule has 0 saturated heterocycles. The van der Waals surface area contributed by atoms with Crippen LogP contribution in [-0.2, 0) is 17.6 Å². The minimum absolute atomic E-state index is 0.0204. The zero-order valence-electron chi connectivity index (χ0n) is 20.5. The van der Waals surface area contributed by atoms with Crippen LogP contribution in [-0.4, -0.2) is 42.2 Å². The lowest BCUT2D eigenvalue weighted by Gasteiger charge is -2.28. The van der Waals surface area contributed by atoms with E-state index in [1.165, 1.54) is 6.07 Å². The molecular formula is C29H30F3NO4. The number of halogens is 3. The number of carbonyl (C=O) groups is 1. The van der Waals surface area contributed by atoms with Crippen LogP contribution < -0.4 is 9.47 Å². The molecule has 196 valence electrons. The third kappa shape index (κ3) is 6.01. The minimum Gasteiger partial charge on any atom is -0.489 e. The van der Waals surface area contributed by atoms with Crippen LogP contribution in [0.1, 0.15) is 60.3 Å². The van der Waals surface area contributed by atoms with Crippen molar-refractivity contribution >= 4 is 12.0 Å². The van der Waals surface area contributed by atoms with Gasteiger partial charge in [-0.2, -0.15) is 13.2 Å². The van der Waals surface area contributed by atoms with Gasteiger partial charge in [0.25, 0.3) is 0 Å². The Hall–Kier alpha value is -3.26. The molecule has 0 spiro atoms. The Morgan fingerprint density at radius 1 is 1.14 bits per heavy atom. The number of nitrogens with zero attached hydrogens (tertiary/aromatic N) is 1. The fourth-order valence-electron chi connectivity index (χ4n) is 5.45. The summed E-state index contributed by atoms with van der Waals surface area (Å²) in [4.78, 5) is 13.4. The zero-order chi connectivity index (χ0) is 26.0. The van der Waals surface area contributed by atoms with Gasteiger partial charge in [0.1, 0.15) is 24.7 Å². The van der Waals surface area contributed by atoms with Crippen molar-refractivity contribution in [2.45, 2.75) is 50.8 Å². The van der Waals surface area contributed by atoms with Crippen LogP contribution in [0.15, 0.2) is 53.6 Å². The van der Waals surface area contributed by atoms with E-state index in [-0.39, 0.29) is 12.5 Å². The second-order valence-electron chi connectivity index (χ2n) is 10.0. The number of carboxylic acid groups (broad SMARTS) is 1. The topological polar surface area (TPSA) is 59.0 Å². The Morgan fingerprint density at radius 2 is 1.95 bits per heavy atom. The Balaban J connectivity index is 1.24. The molecule has 1 N–H and O–H groups in total. The average molecular weight is 514 g/mol. The number of hydrogen-bond acceptors (Lipinski definition) is 4. The summed E-state index contributed by atoms with van der Waals surface area (Å²) >= 11 is 0. The Kier molecular flexibility index (Phi) is 7.29. The molecule has 0 unspecified atom stereocenters. The highest BCUT2D eigenvalue weighted by molar-refractivity contribution is 5.87. The maximum Gasteiger partial charge on any atom is 0.416 e. The van der Waals surface area contributed by atoms with Crippen LogP contribution in [0.3, 0.4) is 0 Å². The van der Waals surface area contributed by atoms with E-state index >= 15 is 0 Å². The highest BCUT2D eigenvalue weighted by Gasteiger charge is 2.36. The maximum atomic E-state index is 13.8. The van der Waals surface area contributed by atoms with E-state index in [1.54, 1.807) is 30.3 Å². The van der Waals surface area contributed by atoms with Gasteiger partial charge in [-0.25, -0.2) is 4.79 Å².